The second kappa shape index (κ2) is 6.78. The molecule has 0 aromatic rings. The first-order valence-corrected chi connectivity index (χ1v) is 9.90. The van der Waals surface area contributed by atoms with Crippen molar-refractivity contribution < 1.29 is 8.42 Å². The van der Waals surface area contributed by atoms with E-state index in [-0.39, 0.29) is 16.7 Å². The van der Waals surface area contributed by atoms with E-state index >= 15 is 0 Å². The van der Waals surface area contributed by atoms with Crippen LogP contribution in [0.3, 0.4) is 0 Å². The summed E-state index contributed by atoms with van der Waals surface area (Å²) in [5.74, 6) is 2.37. The van der Waals surface area contributed by atoms with Crippen LogP contribution in [0, 0.1) is 5.92 Å². The molecule has 0 radical (unpaired) electrons. The summed E-state index contributed by atoms with van der Waals surface area (Å²) in [5.41, 5.74) is 5.77. The first-order valence-electron chi connectivity index (χ1n) is 7.03. The van der Waals surface area contributed by atoms with E-state index in [0.717, 1.165) is 18.7 Å². The largest absolute Gasteiger partial charge is 0.329 e. The average molecular weight is 309 g/mol. The van der Waals surface area contributed by atoms with Gasteiger partial charge < -0.3 is 5.73 Å². The van der Waals surface area contributed by atoms with E-state index < -0.39 is 9.84 Å². The van der Waals surface area contributed by atoms with Crippen molar-refractivity contribution in [3.05, 3.63) is 0 Å². The smallest absolute Gasteiger partial charge is 0.166 e. The topological polar surface area (TPSA) is 63.4 Å². The quantitative estimate of drug-likeness (QED) is 0.807. The number of hydrogen-bond donors (Lipinski definition) is 1. The zero-order valence-electron chi connectivity index (χ0n) is 12.6. The summed E-state index contributed by atoms with van der Waals surface area (Å²) in [4.78, 5) is 2.16. The third kappa shape index (κ3) is 4.09. The Morgan fingerprint density at radius 1 is 1.47 bits per heavy atom. The van der Waals surface area contributed by atoms with Gasteiger partial charge in [0.15, 0.2) is 9.84 Å². The Morgan fingerprint density at radius 2 is 2.11 bits per heavy atom. The molecule has 1 heterocycles. The number of rotatable bonds is 6. The van der Waals surface area contributed by atoms with Crippen LogP contribution in [0.5, 0.6) is 0 Å². The highest BCUT2D eigenvalue weighted by atomic mass is 32.2. The van der Waals surface area contributed by atoms with Crippen molar-refractivity contribution in [2.24, 2.45) is 11.7 Å². The van der Waals surface area contributed by atoms with Crippen LogP contribution in [-0.2, 0) is 9.84 Å². The molecule has 0 aliphatic carbocycles. The van der Waals surface area contributed by atoms with Crippen molar-refractivity contribution in [3.8, 4) is 0 Å². The molecule has 4 nitrogen and oxygen atoms in total. The molecule has 0 saturated carbocycles. The minimum Gasteiger partial charge on any atom is -0.329 e. The highest BCUT2D eigenvalue weighted by Gasteiger charge is 2.42. The van der Waals surface area contributed by atoms with E-state index in [1.807, 2.05) is 0 Å². The minimum absolute atomic E-state index is 0.205. The van der Waals surface area contributed by atoms with Crippen LogP contribution in [0.15, 0.2) is 0 Å². The minimum atomic E-state index is -3.05. The van der Waals surface area contributed by atoms with Gasteiger partial charge in [-0.15, -0.1) is 0 Å². The lowest BCUT2D eigenvalue weighted by atomic mass is 9.89. The molecule has 2 unspecified atom stereocenters. The van der Waals surface area contributed by atoms with Crippen LogP contribution >= 0.6 is 11.8 Å². The molecule has 1 rings (SSSR count). The Kier molecular flexibility index (Phi) is 6.17. The van der Waals surface area contributed by atoms with Crippen molar-refractivity contribution in [3.63, 3.8) is 0 Å². The van der Waals surface area contributed by atoms with E-state index in [1.165, 1.54) is 0 Å². The molecule has 0 bridgehead atoms. The molecule has 0 aromatic carbocycles. The predicted molar refractivity (Wildman–Crippen MR) is 84.2 cm³/mol. The molecule has 1 saturated heterocycles. The lowest BCUT2D eigenvalue weighted by Gasteiger charge is -2.47. The van der Waals surface area contributed by atoms with Crippen molar-refractivity contribution in [2.75, 3.05) is 30.3 Å². The second-order valence-electron chi connectivity index (χ2n) is 5.97. The van der Waals surface area contributed by atoms with E-state index in [4.69, 9.17) is 5.73 Å². The average Bonchev–Trinajstić information content (AvgIpc) is 2.38. The molecule has 1 fully saturated rings. The van der Waals surface area contributed by atoms with Crippen molar-refractivity contribution in [1.82, 2.24) is 4.90 Å². The Bertz CT molecular complexity index is 384. The van der Waals surface area contributed by atoms with Crippen LogP contribution in [0.2, 0.25) is 0 Å². The molecule has 2 N–H and O–H groups in total. The van der Waals surface area contributed by atoms with Gasteiger partial charge in [-0.1, -0.05) is 20.8 Å². The number of sulfone groups is 1. The molecule has 1 aliphatic heterocycles. The van der Waals surface area contributed by atoms with E-state index in [1.54, 1.807) is 18.7 Å². The fourth-order valence-corrected chi connectivity index (χ4v) is 6.01. The van der Waals surface area contributed by atoms with Crippen LogP contribution < -0.4 is 5.73 Å². The zero-order chi connectivity index (χ0) is 14.7. The lowest BCUT2D eigenvalue weighted by molar-refractivity contribution is 0.0847. The van der Waals surface area contributed by atoms with Crippen molar-refractivity contribution in [1.29, 1.82) is 0 Å². The molecule has 114 valence electrons. The Balaban J connectivity index is 3.04. The lowest BCUT2D eigenvalue weighted by Crippen LogP contribution is -2.61. The molecular weight excluding hydrogens is 280 g/mol. The standard InChI is InChI=1S/C13H28N2O2S2/c1-5-19(16,17)12-9-18-7-6-15(12)13(4,10-14)8-11(2)3/h11-12H,5-10,14H2,1-4H3. The van der Waals surface area contributed by atoms with Gasteiger partial charge in [0.1, 0.15) is 5.37 Å². The summed E-state index contributed by atoms with van der Waals surface area (Å²) in [7, 11) is -3.05. The number of nitrogens with zero attached hydrogens (tertiary/aromatic N) is 1. The number of hydrogen-bond acceptors (Lipinski definition) is 5. The van der Waals surface area contributed by atoms with Gasteiger partial charge in [0.2, 0.25) is 0 Å². The maximum absolute atomic E-state index is 12.3. The van der Waals surface area contributed by atoms with Crippen molar-refractivity contribution in [2.45, 2.75) is 45.0 Å². The van der Waals surface area contributed by atoms with Crippen molar-refractivity contribution >= 4 is 21.6 Å². The fraction of sp³-hybridized carbons (Fsp3) is 1.00. The van der Waals surface area contributed by atoms with Gasteiger partial charge in [-0.2, -0.15) is 11.8 Å². The first-order chi connectivity index (χ1) is 8.77. The fourth-order valence-electron chi connectivity index (χ4n) is 2.89. The molecular formula is C13H28N2O2S2. The maximum Gasteiger partial charge on any atom is 0.166 e. The van der Waals surface area contributed by atoms with Crippen LogP contribution in [0.4, 0.5) is 0 Å². The second-order valence-corrected chi connectivity index (χ2v) is 9.57. The van der Waals surface area contributed by atoms with Crippen LogP contribution in [-0.4, -0.2) is 54.6 Å². The predicted octanol–water partition coefficient (Wildman–Crippen LogP) is 1.56. The molecule has 2 atom stereocenters. The number of nitrogens with two attached hydrogens (primary N) is 1. The molecule has 0 aromatic heterocycles. The monoisotopic (exact) mass is 308 g/mol. The summed E-state index contributed by atoms with van der Waals surface area (Å²) < 4.78 is 24.6. The molecule has 1 aliphatic rings. The molecule has 6 heteroatoms. The Labute approximate surface area is 122 Å². The van der Waals surface area contributed by atoms with Gasteiger partial charge in [0.25, 0.3) is 0 Å². The van der Waals surface area contributed by atoms with E-state index in [2.05, 4.69) is 25.7 Å². The summed E-state index contributed by atoms with van der Waals surface area (Å²) in [6, 6.07) is 0. The van der Waals surface area contributed by atoms with Crippen LogP contribution in [0.25, 0.3) is 0 Å². The molecule has 19 heavy (non-hydrogen) atoms. The third-order valence-corrected chi connectivity index (χ3v) is 7.17. The van der Waals surface area contributed by atoms with Crippen LogP contribution in [0.1, 0.15) is 34.1 Å². The van der Waals surface area contributed by atoms with Gasteiger partial charge in [-0.25, -0.2) is 8.42 Å². The summed E-state index contributed by atoms with van der Waals surface area (Å²) in [6.07, 6.45) is 0.934. The first kappa shape index (κ1) is 17.3. The molecule has 0 spiro atoms. The Morgan fingerprint density at radius 3 is 2.58 bits per heavy atom. The van der Waals surface area contributed by atoms with Gasteiger partial charge in [-0.3, -0.25) is 4.90 Å². The molecule has 0 amide bonds. The summed E-state index contributed by atoms with van der Waals surface area (Å²) in [5, 5.41) is -0.372. The normalized spacial score (nSPS) is 25.5. The number of thioether (sulfide) groups is 1. The van der Waals surface area contributed by atoms with Gasteiger partial charge >= 0.3 is 0 Å². The van der Waals surface area contributed by atoms with E-state index in [0.29, 0.717) is 18.2 Å². The third-order valence-electron chi connectivity index (χ3n) is 3.88. The highest BCUT2D eigenvalue weighted by Crippen LogP contribution is 2.32. The van der Waals surface area contributed by atoms with Gasteiger partial charge in [-0.05, 0) is 19.3 Å². The maximum atomic E-state index is 12.3. The summed E-state index contributed by atoms with van der Waals surface area (Å²) >= 11 is 1.73. The Hall–Kier alpha value is 0.220. The van der Waals surface area contributed by atoms with Gasteiger partial charge in [0.05, 0.1) is 0 Å². The summed E-state index contributed by atoms with van der Waals surface area (Å²) in [6.45, 7) is 9.49. The highest BCUT2D eigenvalue weighted by molar-refractivity contribution is 8.01. The SMILES string of the molecule is CCS(=O)(=O)C1CSCCN1C(C)(CN)CC(C)C. The zero-order valence-corrected chi connectivity index (χ0v) is 14.2. The van der Waals surface area contributed by atoms with Gasteiger partial charge in [0, 0.05) is 35.9 Å². The van der Waals surface area contributed by atoms with E-state index in [9.17, 15) is 8.42 Å².